The number of hydrogen-bond donors (Lipinski definition) is 1. The van der Waals surface area contributed by atoms with Crippen LogP contribution in [-0.4, -0.2) is 49.6 Å². The monoisotopic (exact) mass is 331 g/mol. The smallest absolute Gasteiger partial charge is 0.260 e. The zero-order valence-electron chi connectivity index (χ0n) is 15.1. The van der Waals surface area contributed by atoms with Crippen molar-refractivity contribution >= 4 is 5.91 Å². The summed E-state index contributed by atoms with van der Waals surface area (Å²) in [5.74, 6) is 1.76. The second-order valence-corrected chi connectivity index (χ2v) is 7.61. The molecular formula is C20H31N2O2+. The Morgan fingerprint density at radius 3 is 2.58 bits per heavy atom. The quantitative estimate of drug-likeness (QED) is 0.911. The number of nitrogens with one attached hydrogen (secondary N) is 1. The van der Waals surface area contributed by atoms with Gasteiger partial charge in [0.15, 0.2) is 6.61 Å². The molecule has 0 radical (unpaired) electrons. The van der Waals surface area contributed by atoms with Crippen LogP contribution in [0.3, 0.4) is 0 Å². The minimum absolute atomic E-state index is 0.117. The Kier molecular flexibility index (Phi) is 5.77. The van der Waals surface area contributed by atoms with E-state index in [1.54, 1.807) is 4.90 Å². The lowest BCUT2D eigenvalue weighted by Crippen LogP contribution is -3.18. The number of aryl methyl sites for hydroxylation is 1. The molecule has 1 amide bonds. The third-order valence-corrected chi connectivity index (χ3v) is 5.66. The second kappa shape index (κ2) is 8.02. The van der Waals surface area contributed by atoms with E-state index in [0.717, 1.165) is 43.9 Å². The zero-order valence-corrected chi connectivity index (χ0v) is 15.1. The molecule has 0 bridgehead atoms. The maximum atomic E-state index is 12.4. The van der Waals surface area contributed by atoms with Crippen molar-refractivity contribution in [3.05, 3.63) is 29.8 Å². The third-order valence-electron chi connectivity index (χ3n) is 5.66. The predicted octanol–water partition coefficient (Wildman–Crippen LogP) is 1.68. The molecule has 1 N–H and O–H groups in total. The van der Waals surface area contributed by atoms with Crippen LogP contribution < -0.4 is 9.64 Å². The SMILES string of the molecule is Cc1ccc(OCC(=O)N2CC[NH+]([C@@H]3CCC[C@@H](C)C3)CC2)cc1. The standard InChI is InChI=1S/C20H30N2O2/c1-16-6-8-19(9-7-16)24-15-20(23)22-12-10-21(11-13-22)18-5-3-4-17(2)14-18/h6-9,17-18H,3-5,10-15H2,1-2H3/p+1/t17-,18-/m1/s1. The van der Waals surface area contributed by atoms with Crippen LogP contribution in [0.2, 0.25) is 0 Å². The lowest BCUT2D eigenvalue weighted by Gasteiger charge is -2.39. The fraction of sp³-hybridized carbons (Fsp3) is 0.650. The molecule has 4 nitrogen and oxygen atoms in total. The van der Waals surface area contributed by atoms with Crippen LogP contribution >= 0.6 is 0 Å². The summed E-state index contributed by atoms with van der Waals surface area (Å²) in [6.45, 7) is 8.50. The van der Waals surface area contributed by atoms with Gasteiger partial charge in [0, 0.05) is 6.42 Å². The van der Waals surface area contributed by atoms with E-state index >= 15 is 0 Å². The minimum Gasteiger partial charge on any atom is -0.484 e. The number of nitrogens with zero attached hydrogens (tertiary/aromatic N) is 1. The van der Waals surface area contributed by atoms with Crippen molar-refractivity contribution < 1.29 is 14.4 Å². The van der Waals surface area contributed by atoms with Crippen molar-refractivity contribution in [1.29, 1.82) is 0 Å². The molecule has 1 aromatic carbocycles. The fourth-order valence-corrected chi connectivity index (χ4v) is 4.13. The lowest BCUT2D eigenvalue weighted by molar-refractivity contribution is -0.930. The van der Waals surface area contributed by atoms with Crippen LogP contribution in [0.25, 0.3) is 0 Å². The van der Waals surface area contributed by atoms with E-state index < -0.39 is 0 Å². The van der Waals surface area contributed by atoms with Gasteiger partial charge in [-0.2, -0.15) is 0 Å². The molecule has 0 unspecified atom stereocenters. The highest BCUT2D eigenvalue weighted by atomic mass is 16.5. The number of carbonyl (C=O) groups excluding carboxylic acids is 1. The van der Waals surface area contributed by atoms with Crippen molar-refractivity contribution in [2.45, 2.75) is 45.6 Å². The van der Waals surface area contributed by atoms with Gasteiger partial charge in [-0.3, -0.25) is 4.79 Å². The summed E-state index contributed by atoms with van der Waals surface area (Å²) < 4.78 is 5.64. The highest BCUT2D eigenvalue weighted by molar-refractivity contribution is 5.77. The van der Waals surface area contributed by atoms with E-state index in [1.807, 2.05) is 36.1 Å². The summed E-state index contributed by atoms with van der Waals surface area (Å²) in [7, 11) is 0. The van der Waals surface area contributed by atoms with Crippen molar-refractivity contribution in [3.63, 3.8) is 0 Å². The number of quaternary nitrogens is 1. The van der Waals surface area contributed by atoms with Crippen LogP contribution in [0.1, 0.15) is 38.2 Å². The molecule has 2 atom stereocenters. The van der Waals surface area contributed by atoms with Crippen LogP contribution in [0.15, 0.2) is 24.3 Å². The molecule has 1 heterocycles. The number of carbonyl (C=O) groups is 1. The molecule has 1 aromatic rings. The summed E-state index contributed by atoms with van der Waals surface area (Å²) in [5.41, 5.74) is 1.20. The number of benzene rings is 1. The first-order valence-corrected chi connectivity index (χ1v) is 9.43. The Morgan fingerprint density at radius 1 is 1.21 bits per heavy atom. The highest BCUT2D eigenvalue weighted by Gasteiger charge is 2.31. The van der Waals surface area contributed by atoms with Gasteiger partial charge in [-0.15, -0.1) is 0 Å². The molecule has 1 aliphatic heterocycles. The molecule has 24 heavy (non-hydrogen) atoms. The summed E-state index contributed by atoms with van der Waals surface area (Å²) in [5, 5.41) is 0. The maximum Gasteiger partial charge on any atom is 0.260 e. The van der Waals surface area contributed by atoms with Gasteiger partial charge in [-0.25, -0.2) is 0 Å². The topological polar surface area (TPSA) is 34.0 Å². The first kappa shape index (κ1) is 17.3. The molecule has 1 saturated carbocycles. The van der Waals surface area contributed by atoms with Crippen molar-refractivity contribution in [1.82, 2.24) is 4.90 Å². The largest absolute Gasteiger partial charge is 0.484 e. The Morgan fingerprint density at radius 2 is 1.92 bits per heavy atom. The fourth-order valence-electron chi connectivity index (χ4n) is 4.13. The van der Waals surface area contributed by atoms with E-state index in [0.29, 0.717) is 0 Å². The van der Waals surface area contributed by atoms with Gasteiger partial charge in [0.2, 0.25) is 0 Å². The van der Waals surface area contributed by atoms with E-state index in [1.165, 1.54) is 31.2 Å². The number of piperazine rings is 1. The van der Waals surface area contributed by atoms with Gasteiger partial charge in [0.05, 0.1) is 32.2 Å². The summed E-state index contributed by atoms with van der Waals surface area (Å²) in [4.78, 5) is 16.1. The van der Waals surface area contributed by atoms with Gasteiger partial charge in [0.25, 0.3) is 5.91 Å². The highest BCUT2D eigenvalue weighted by Crippen LogP contribution is 2.22. The van der Waals surface area contributed by atoms with Crippen molar-refractivity contribution in [3.8, 4) is 5.75 Å². The average Bonchev–Trinajstić information content (AvgIpc) is 2.61. The molecule has 4 heteroatoms. The number of rotatable bonds is 4. The molecule has 0 aromatic heterocycles. The summed E-state index contributed by atoms with van der Waals surface area (Å²) in [6, 6.07) is 8.68. The minimum atomic E-state index is 0.117. The van der Waals surface area contributed by atoms with Gasteiger partial charge in [-0.05, 0) is 37.8 Å². The van der Waals surface area contributed by atoms with E-state index in [4.69, 9.17) is 4.74 Å². The van der Waals surface area contributed by atoms with E-state index in [9.17, 15) is 4.79 Å². The molecular weight excluding hydrogens is 300 g/mol. The molecule has 1 aliphatic carbocycles. The maximum absolute atomic E-state index is 12.4. The number of ether oxygens (including phenoxy) is 1. The Bertz CT molecular complexity index is 535. The van der Waals surface area contributed by atoms with Gasteiger partial charge in [0.1, 0.15) is 5.75 Å². The molecule has 2 fully saturated rings. The predicted molar refractivity (Wildman–Crippen MR) is 95.4 cm³/mol. The Balaban J connectivity index is 1.42. The molecule has 2 aliphatic rings. The van der Waals surface area contributed by atoms with Gasteiger partial charge < -0.3 is 14.5 Å². The summed E-state index contributed by atoms with van der Waals surface area (Å²) in [6.07, 6.45) is 5.50. The van der Waals surface area contributed by atoms with Crippen LogP contribution in [0.5, 0.6) is 5.75 Å². The summed E-state index contributed by atoms with van der Waals surface area (Å²) >= 11 is 0. The van der Waals surface area contributed by atoms with E-state index in [2.05, 4.69) is 6.92 Å². The molecule has 3 rings (SSSR count). The Hall–Kier alpha value is -1.55. The second-order valence-electron chi connectivity index (χ2n) is 7.61. The van der Waals surface area contributed by atoms with E-state index in [-0.39, 0.29) is 12.5 Å². The lowest BCUT2D eigenvalue weighted by atomic mass is 9.86. The number of amides is 1. The first-order valence-electron chi connectivity index (χ1n) is 9.43. The molecule has 0 spiro atoms. The van der Waals surface area contributed by atoms with Gasteiger partial charge >= 0.3 is 0 Å². The third kappa shape index (κ3) is 4.50. The Labute approximate surface area is 145 Å². The first-order chi connectivity index (χ1) is 11.6. The molecule has 1 saturated heterocycles. The van der Waals surface area contributed by atoms with Crippen LogP contribution in [-0.2, 0) is 4.79 Å². The van der Waals surface area contributed by atoms with Crippen molar-refractivity contribution in [2.75, 3.05) is 32.8 Å². The molecule has 132 valence electrons. The van der Waals surface area contributed by atoms with Crippen LogP contribution in [0.4, 0.5) is 0 Å². The number of hydrogen-bond acceptors (Lipinski definition) is 2. The normalized spacial score (nSPS) is 25.5. The van der Waals surface area contributed by atoms with Crippen molar-refractivity contribution in [2.24, 2.45) is 5.92 Å². The zero-order chi connectivity index (χ0) is 16.9. The average molecular weight is 331 g/mol. The van der Waals surface area contributed by atoms with Crippen LogP contribution in [0, 0.1) is 12.8 Å². The van der Waals surface area contributed by atoms with Gasteiger partial charge in [-0.1, -0.05) is 31.0 Å².